The Labute approximate surface area is 135 Å². The number of ether oxygens (including phenoxy) is 1. The molecule has 0 heterocycles. The second kappa shape index (κ2) is 5.15. The first-order valence-corrected chi connectivity index (χ1v) is 7.46. The van der Waals surface area contributed by atoms with Crippen molar-refractivity contribution >= 4 is 17.7 Å². The molecule has 1 aromatic rings. The number of hydrogen-bond donors (Lipinski definition) is 3. The summed E-state index contributed by atoms with van der Waals surface area (Å²) in [6, 6.07) is 4.51. The molecule has 0 radical (unpaired) electrons. The minimum absolute atomic E-state index is 0.182. The van der Waals surface area contributed by atoms with E-state index in [1.54, 1.807) is 26.8 Å². The maximum Gasteiger partial charge on any atom is 0.412 e. The summed E-state index contributed by atoms with van der Waals surface area (Å²) in [7, 11) is 0. The van der Waals surface area contributed by atoms with Crippen LogP contribution in [0.2, 0.25) is 0 Å². The lowest BCUT2D eigenvalue weighted by molar-refractivity contribution is -0.141. The van der Waals surface area contributed by atoms with Crippen molar-refractivity contribution < 1.29 is 24.5 Å². The highest BCUT2D eigenvalue weighted by atomic mass is 16.6. The second-order valence-electron chi connectivity index (χ2n) is 7.63. The van der Waals surface area contributed by atoms with Crippen molar-refractivity contribution in [1.29, 1.82) is 0 Å². The molecule has 1 aromatic carbocycles. The topological polar surface area (TPSA) is 95.9 Å². The molecule has 1 saturated carbocycles. The number of aliphatic carboxylic acids is 1. The van der Waals surface area contributed by atoms with Gasteiger partial charge in [-0.05, 0) is 50.3 Å². The zero-order chi connectivity index (χ0) is 17.6. The predicted molar refractivity (Wildman–Crippen MR) is 85.7 cm³/mol. The van der Waals surface area contributed by atoms with E-state index in [4.69, 9.17) is 4.74 Å². The number of carboxylic acids is 1. The number of hydrogen-bond acceptors (Lipinski definition) is 4. The van der Waals surface area contributed by atoms with E-state index in [-0.39, 0.29) is 16.9 Å². The molecule has 6 heteroatoms. The lowest BCUT2D eigenvalue weighted by Crippen LogP contribution is -2.27. The zero-order valence-corrected chi connectivity index (χ0v) is 14.1. The molecule has 23 heavy (non-hydrogen) atoms. The fourth-order valence-electron chi connectivity index (χ4n) is 2.92. The molecule has 1 fully saturated rings. The largest absolute Gasteiger partial charge is 0.506 e. The summed E-state index contributed by atoms with van der Waals surface area (Å²) in [5.74, 6) is -1.09. The summed E-state index contributed by atoms with van der Waals surface area (Å²) < 4.78 is 5.12. The Morgan fingerprint density at radius 3 is 2.22 bits per heavy atom. The number of phenols is 1. The highest BCUT2D eigenvalue weighted by Gasteiger charge is 2.67. The van der Waals surface area contributed by atoms with E-state index in [9.17, 15) is 19.8 Å². The smallest absolute Gasteiger partial charge is 0.412 e. The summed E-state index contributed by atoms with van der Waals surface area (Å²) in [4.78, 5) is 23.4. The number of amides is 1. The summed E-state index contributed by atoms with van der Waals surface area (Å²) in [5, 5.41) is 22.1. The minimum Gasteiger partial charge on any atom is -0.506 e. The Morgan fingerprint density at radius 2 is 1.83 bits per heavy atom. The van der Waals surface area contributed by atoms with Gasteiger partial charge in [0.15, 0.2) is 0 Å². The first-order chi connectivity index (χ1) is 10.4. The molecule has 0 aliphatic heterocycles. The van der Waals surface area contributed by atoms with Gasteiger partial charge in [-0.1, -0.05) is 19.9 Å². The van der Waals surface area contributed by atoms with Crippen molar-refractivity contribution in [1.82, 2.24) is 0 Å². The molecule has 1 atom stereocenters. The molecule has 1 unspecified atom stereocenters. The van der Waals surface area contributed by atoms with Crippen LogP contribution in [0, 0.1) is 5.41 Å². The number of rotatable bonds is 3. The fraction of sp³-hybridized carbons (Fsp3) is 0.529. The molecule has 6 nitrogen and oxygen atoms in total. The quantitative estimate of drug-likeness (QED) is 0.741. The van der Waals surface area contributed by atoms with Crippen LogP contribution in [0.4, 0.5) is 10.5 Å². The van der Waals surface area contributed by atoms with Crippen LogP contribution in [0.5, 0.6) is 5.75 Å². The highest BCUT2D eigenvalue weighted by Crippen LogP contribution is 2.64. The van der Waals surface area contributed by atoms with Gasteiger partial charge in [0, 0.05) is 0 Å². The Hall–Kier alpha value is -2.24. The normalized spacial score (nSPS) is 22.3. The summed E-state index contributed by atoms with van der Waals surface area (Å²) >= 11 is 0. The molecule has 1 aliphatic rings. The maximum absolute atomic E-state index is 11.7. The van der Waals surface area contributed by atoms with Gasteiger partial charge in [0.2, 0.25) is 0 Å². The Bertz CT molecular complexity index is 659. The molecular weight excluding hydrogens is 298 g/mol. The van der Waals surface area contributed by atoms with Gasteiger partial charge in [-0.25, -0.2) is 4.79 Å². The van der Waals surface area contributed by atoms with Crippen LogP contribution in [0.25, 0.3) is 0 Å². The molecule has 0 bridgehead atoms. The summed E-state index contributed by atoms with van der Waals surface area (Å²) in [6.45, 7) is 8.97. The van der Waals surface area contributed by atoms with Gasteiger partial charge in [-0.15, -0.1) is 0 Å². The monoisotopic (exact) mass is 321 g/mol. The lowest BCUT2D eigenvalue weighted by Gasteiger charge is -2.21. The van der Waals surface area contributed by atoms with Gasteiger partial charge < -0.3 is 14.9 Å². The third-order valence-electron chi connectivity index (χ3n) is 4.23. The lowest BCUT2D eigenvalue weighted by atomic mass is 9.87. The summed E-state index contributed by atoms with van der Waals surface area (Å²) in [6.07, 6.45) is -0.173. The van der Waals surface area contributed by atoms with Crippen LogP contribution >= 0.6 is 0 Å². The van der Waals surface area contributed by atoms with E-state index >= 15 is 0 Å². The van der Waals surface area contributed by atoms with E-state index in [0.717, 1.165) is 0 Å². The number of carbonyl (C=O) groups is 2. The predicted octanol–water partition coefficient (Wildman–Crippen LogP) is 3.49. The number of aromatic hydroxyl groups is 1. The average molecular weight is 321 g/mol. The van der Waals surface area contributed by atoms with Crippen molar-refractivity contribution in [3.63, 3.8) is 0 Å². The molecule has 0 aromatic heterocycles. The minimum atomic E-state index is -0.991. The van der Waals surface area contributed by atoms with Crippen LogP contribution < -0.4 is 5.32 Å². The van der Waals surface area contributed by atoms with Crippen LogP contribution in [-0.4, -0.2) is 27.9 Å². The Kier molecular flexibility index (Phi) is 3.83. The van der Waals surface area contributed by atoms with Crippen LogP contribution in [-0.2, 0) is 14.9 Å². The first kappa shape index (κ1) is 17.1. The molecule has 3 N–H and O–H groups in total. The highest BCUT2D eigenvalue weighted by molar-refractivity contribution is 5.89. The SMILES string of the molecule is CC(C)(C)OC(=O)Nc1ccc(C2(C(=O)O)CC2(C)C)cc1O. The van der Waals surface area contributed by atoms with Crippen molar-refractivity contribution in [2.75, 3.05) is 5.32 Å². The van der Waals surface area contributed by atoms with E-state index in [1.807, 2.05) is 13.8 Å². The number of benzene rings is 1. The number of carbonyl (C=O) groups excluding carboxylic acids is 1. The summed E-state index contributed by atoms with van der Waals surface area (Å²) in [5.41, 5.74) is -1.30. The average Bonchev–Trinajstić information content (AvgIpc) is 2.94. The second-order valence-corrected chi connectivity index (χ2v) is 7.63. The van der Waals surface area contributed by atoms with Gasteiger partial charge >= 0.3 is 12.1 Å². The van der Waals surface area contributed by atoms with Crippen molar-refractivity contribution in [2.45, 2.75) is 52.1 Å². The van der Waals surface area contributed by atoms with Gasteiger partial charge in [-0.3, -0.25) is 10.1 Å². The van der Waals surface area contributed by atoms with Crippen molar-refractivity contribution in [2.24, 2.45) is 5.41 Å². The van der Waals surface area contributed by atoms with E-state index in [0.29, 0.717) is 12.0 Å². The molecule has 1 amide bonds. The molecular formula is C17H23NO5. The van der Waals surface area contributed by atoms with Crippen LogP contribution in [0.15, 0.2) is 18.2 Å². The zero-order valence-electron chi connectivity index (χ0n) is 14.1. The van der Waals surface area contributed by atoms with E-state index in [2.05, 4.69) is 5.32 Å². The molecule has 2 rings (SSSR count). The number of anilines is 1. The van der Waals surface area contributed by atoms with Crippen molar-refractivity contribution in [3.05, 3.63) is 23.8 Å². The van der Waals surface area contributed by atoms with E-state index in [1.165, 1.54) is 12.1 Å². The first-order valence-electron chi connectivity index (χ1n) is 7.46. The van der Waals surface area contributed by atoms with Gasteiger partial charge in [0.1, 0.15) is 11.4 Å². The van der Waals surface area contributed by atoms with Gasteiger partial charge in [-0.2, -0.15) is 0 Å². The van der Waals surface area contributed by atoms with Crippen molar-refractivity contribution in [3.8, 4) is 5.75 Å². The third-order valence-corrected chi connectivity index (χ3v) is 4.23. The molecule has 1 aliphatic carbocycles. The number of nitrogens with one attached hydrogen (secondary N) is 1. The number of phenolic OH excluding ortho intramolecular Hbond substituents is 1. The van der Waals surface area contributed by atoms with Crippen LogP contribution in [0.3, 0.4) is 0 Å². The van der Waals surface area contributed by atoms with E-state index < -0.39 is 23.1 Å². The standard InChI is InChI=1S/C17H23NO5/c1-15(2,3)23-14(22)18-11-7-6-10(8-12(11)19)17(13(20)21)9-16(17,4)5/h6-8,19H,9H2,1-5H3,(H,18,22)(H,20,21). The maximum atomic E-state index is 11.7. The third kappa shape index (κ3) is 3.11. The van der Waals surface area contributed by atoms with Gasteiger partial charge in [0.25, 0.3) is 0 Å². The Morgan fingerprint density at radius 1 is 1.26 bits per heavy atom. The fourth-order valence-corrected chi connectivity index (χ4v) is 2.92. The number of carboxylic acid groups (broad SMARTS) is 1. The van der Waals surface area contributed by atoms with Gasteiger partial charge in [0.05, 0.1) is 11.1 Å². The molecule has 0 spiro atoms. The Balaban J connectivity index is 2.23. The molecule has 0 saturated heterocycles. The van der Waals surface area contributed by atoms with Crippen LogP contribution in [0.1, 0.15) is 46.6 Å². The molecule has 126 valence electrons.